The molecule has 0 radical (unpaired) electrons. The number of fused-ring (bicyclic) bond motifs is 1. The number of hydrogen-bond acceptors (Lipinski definition) is 8. The maximum atomic E-state index is 13.1. The highest BCUT2D eigenvalue weighted by molar-refractivity contribution is 6.26. The van der Waals surface area contributed by atoms with Crippen molar-refractivity contribution in [1.82, 2.24) is 30.2 Å². The van der Waals surface area contributed by atoms with Gasteiger partial charge in [-0.15, -0.1) is 5.10 Å². The smallest absolute Gasteiger partial charge is 0.264 e. The summed E-state index contributed by atoms with van der Waals surface area (Å²) < 4.78 is 1.34. The standard InChI is InChI=1S/C22H17N7O5/c30-17-7-6-16(20(32)25-17)29-21(33)13-4-1-5-14(19(13)22(29)34)24-18(31)11-28-10-15(26-27-28)12-3-2-8-23-9-12/h1-5,8-10,16H,6-7,11H2,(H,24,31)(H,25,30,32). The van der Waals surface area contributed by atoms with Gasteiger partial charge in [-0.1, -0.05) is 11.3 Å². The number of anilines is 1. The summed E-state index contributed by atoms with van der Waals surface area (Å²) in [4.78, 5) is 67.2. The third-order valence-corrected chi connectivity index (χ3v) is 5.54. The monoisotopic (exact) mass is 459 g/mol. The normalized spacial score (nSPS) is 17.5. The minimum atomic E-state index is -1.09. The third-order valence-electron chi connectivity index (χ3n) is 5.54. The molecule has 5 amide bonds. The summed E-state index contributed by atoms with van der Waals surface area (Å²) in [5, 5.41) is 12.8. The Kier molecular flexibility index (Phi) is 5.17. The average Bonchev–Trinajstić information content (AvgIpc) is 3.38. The fraction of sp³-hybridized carbons (Fsp3) is 0.182. The number of aromatic nitrogens is 4. The quantitative estimate of drug-likeness (QED) is 0.519. The lowest BCUT2D eigenvalue weighted by atomic mass is 10.0. The van der Waals surface area contributed by atoms with E-state index in [9.17, 15) is 24.0 Å². The Bertz CT molecular complexity index is 1350. The molecule has 5 rings (SSSR count). The van der Waals surface area contributed by atoms with Crippen LogP contribution in [-0.4, -0.2) is 60.5 Å². The van der Waals surface area contributed by atoms with Gasteiger partial charge in [0.05, 0.1) is 23.0 Å². The van der Waals surface area contributed by atoms with E-state index in [1.807, 2.05) is 6.07 Å². The average molecular weight is 459 g/mol. The Morgan fingerprint density at radius 3 is 2.74 bits per heavy atom. The van der Waals surface area contributed by atoms with Crippen molar-refractivity contribution in [2.45, 2.75) is 25.4 Å². The first-order valence-corrected chi connectivity index (χ1v) is 10.4. The van der Waals surface area contributed by atoms with Gasteiger partial charge in [0.15, 0.2) is 0 Å². The number of benzene rings is 1. The van der Waals surface area contributed by atoms with Crippen molar-refractivity contribution < 1.29 is 24.0 Å². The summed E-state index contributed by atoms with van der Waals surface area (Å²) in [6.45, 7) is -0.185. The van der Waals surface area contributed by atoms with Crippen LogP contribution in [-0.2, 0) is 20.9 Å². The van der Waals surface area contributed by atoms with Crippen LogP contribution in [0.25, 0.3) is 11.3 Å². The lowest BCUT2D eigenvalue weighted by molar-refractivity contribution is -0.136. The van der Waals surface area contributed by atoms with Crippen LogP contribution < -0.4 is 10.6 Å². The van der Waals surface area contributed by atoms with E-state index in [0.717, 1.165) is 10.5 Å². The fourth-order valence-electron chi connectivity index (χ4n) is 3.98. The van der Waals surface area contributed by atoms with Gasteiger partial charge in [-0.05, 0) is 30.7 Å². The van der Waals surface area contributed by atoms with E-state index in [1.54, 1.807) is 24.7 Å². The van der Waals surface area contributed by atoms with Gasteiger partial charge in [0.25, 0.3) is 11.8 Å². The van der Waals surface area contributed by atoms with Crippen LogP contribution in [0, 0.1) is 0 Å². The second-order valence-corrected chi connectivity index (χ2v) is 7.77. The number of hydrogen-bond donors (Lipinski definition) is 2. The highest BCUT2D eigenvalue weighted by Crippen LogP contribution is 2.32. The van der Waals surface area contributed by atoms with Crippen molar-refractivity contribution in [2.75, 3.05) is 5.32 Å². The molecule has 3 aromatic rings. The Hall–Kier alpha value is -4.74. The summed E-state index contributed by atoms with van der Waals surface area (Å²) in [6, 6.07) is 6.96. The van der Waals surface area contributed by atoms with Crippen LogP contribution in [0.5, 0.6) is 0 Å². The van der Waals surface area contributed by atoms with E-state index < -0.39 is 35.6 Å². The summed E-state index contributed by atoms with van der Waals surface area (Å²) >= 11 is 0. The number of pyridine rings is 1. The zero-order chi connectivity index (χ0) is 23.8. The minimum absolute atomic E-state index is 0.000175. The molecule has 170 valence electrons. The van der Waals surface area contributed by atoms with E-state index in [1.165, 1.54) is 22.9 Å². The van der Waals surface area contributed by atoms with Crippen LogP contribution in [0.2, 0.25) is 0 Å². The van der Waals surface area contributed by atoms with Crippen LogP contribution >= 0.6 is 0 Å². The number of piperidine rings is 1. The molecule has 0 spiro atoms. The summed E-state index contributed by atoms with van der Waals surface area (Å²) in [5.41, 5.74) is 1.50. The van der Waals surface area contributed by atoms with Gasteiger partial charge in [0.2, 0.25) is 17.7 Å². The third kappa shape index (κ3) is 3.70. The Labute approximate surface area is 192 Å². The Balaban J connectivity index is 1.34. The molecule has 1 fully saturated rings. The van der Waals surface area contributed by atoms with E-state index >= 15 is 0 Å². The van der Waals surface area contributed by atoms with Gasteiger partial charge in [-0.3, -0.25) is 39.2 Å². The molecule has 1 aromatic carbocycles. The van der Waals surface area contributed by atoms with Gasteiger partial charge in [-0.2, -0.15) is 0 Å². The van der Waals surface area contributed by atoms with Gasteiger partial charge >= 0.3 is 0 Å². The molecule has 1 unspecified atom stereocenters. The van der Waals surface area contributed by atoms with Crippen LogP contribution in [0.4, 0.5) is 5.69 Å². The largest absolute Gasteiger partial charge is 0.324 e. The molecule has 12 nitrogen and oxygen atoms in total. The molecule has 2 aliphatic rings. The summed E-state index contributed by atoms with van der Waals surface area (Å²) in [7, 11) is 0. The molecule has 0 saturated carbocycles. The van der Waals surface area contributed by atoms with Crippen molar-refractivity contribution in [3.63, 3.8) is 0 Å². The SMILES string of the molecule is O=C1CCC(N2C(=O)c3cccc(NC(=O)Cn4cc(-c5cccnc5)nn4)c3C2=O)C(=O)N1. The number of imide groups is 2. The molecule has 0 bridgehead atoms. The molecule has 34 heavy (non-hydrogen) atoms. The number of rotatable bonds is 5. The molecule has 2 aromatic heterocycles. The zero-order valence-corrected chi connectivity index (χ0v) is 17.6. The van der Waals surface area contributed by atoms with Crippen LogP contribution in [0.1, 0.15) is 33.6 Å². The summed E-state index contributed by atoms with van der Waals surface area (Å²) in [6.07, 6.45) is 4.91. The lowest BCUT2D eigenvalue weighted by Crippen LogP contribution is -2.54. The van der Waals surface area contributed by atoms with Crippen LogP contribution in [0.3, 0.4) is 0 Å². The number of nitrogens with zero attached hydrogens (tertiary/aromatic N) is 5. The molecule has 2 N–H and O–H groups in total. The molecule has 12 heteroatoms. The van der Waals surface area contributed by atoms with Gasteiger partial charge < -0.3 is 5.32 Å². The fourth-order valence-corrected chi connectivity index (χ4v) is 3.98. The second kappa shape index (κ2) is 8.31. The summed E-state index contributed by atoms with van der Waals surface area (Å²) in [5.74, 6) is -3.00. The van der Waals surface area contributed by atoms with E-state index in [2.05, 4.69) is 25.9 Å². The first-order valence-electron chi connectivity index (χ1n) is 10.4. The minimum Gasteiger partial charge on any atom is -0.324 e. The molecular weight excluding hydrogens is 442 g/mol. The van der Waals surface area contributed by atoms with E-state index in [-0.39, 0.29) is 36.2 Å². The molecule has 1 atom stereocenters. The van der Waals surface area contributed by atoms with Crippen molar-refractivity contribution in [2.24, 2.45) is 0 Å². The van der Waals surface area contributed by atoms with Crippen LogP contribution in [0.15, 0.2) is 48.9 Å². The van der Waals surface area contributed by atoms with Gasteiger partial charge in [-0.25, -0.2) is 4.68 Å². The van der Waals surface area contributed by atoms with E-state index in [0.29, 0.717) is 5.69 Å². The maximum absolute atomic E-state index is 13.1. The zero-order valence-electron chi connectivity index (χ0n) is 17.6. The highest BCUT2D eigenvalue weighted by Gasteiger charge is 2.45. The number of amides is 5. The predicted octanol–water partition coefficient (Wildman–Crippen LogP) is 0.380. The van der Waals surface area contributed by atoms with Crippen molar-refractivity contribution in [1.29, 1.82) is 0 Å². The number of carbonyl (C=O) groups excluding carboxylic acids is 5. The Morgan fingerprint density at radius 1 is 1.12 bits per heavy atom. The van der Waals surface area contributed by atoms with Crippen molar-refractivity contribution >= 4 is 35.2 Å². The second-order valence-electron chi connectivity index (χ2n) is 7.77. The molecule has 0 aliphatic carbocycles. The van der Waals surface area contributed by atoms with E-state index in [4.69, 9.17) is 0 Å². The first-order chi connectivity index (χ1) is 16.4. The molecule has 4 heterocycles. The number of nitrogens with one attached hydrogen (secondary N) is 2. The number of carbonyl (C=O) groups is 5. The first kappa shape index (κ1) is 21.1. The predicted molar refractivity (Wildman–Crippen MR) is 115 cm³/mol. The maximum Gasteiger partial charge on any atom is 0.264 e. The van der Waals surface area contributed by atoms with Crippen molar-refractivity contribution in [3.05, 3.63) is 60.0 Å². The van der Waals surface area contributed by atoms with Gasteiger partial charge in [0.1, 0.15) is 18.3 Å². The Morgan fingerprint density at radius 2 is 1.97 bits per heavy atom. The lowest BCUT2D eigenvalue weighted by Gasteiger charge is -2.27. The topological polar surface area (TPSA) is 156 Å². The molecular formula is C22H17N7O5. The van der Waals surface area contributed by atoms with Gasteiger partial charge in [0, 0.05) is 24.4 Å². The molecule has 1 saturated heterocycles. The molecule has 2 aliphatic heterocycles. The highest BCUT2D eigenvalue weighted by atomic mass is 16.2. The van der Waals surface area contributed by atoms with Crippen molar-refractivity contribution in [3.8, 4) is 11.3 Å².